The third kappa shape index (κ3) is 2.98. The topological polar surface area (TPSA) is 3.24 Å². The highest BCUT2D eigenvalue weighted by Gasteiger charge is 2.14. The quantitative estimate of drug-likeness (QED) is 0.701. The van der Waals surface area contributed by atoms with Crippen molar-refractivity contribution in [2.45, 2.75) is 19.2 Å². The minimum atomic E-state index is -0.166. The van der Waals surface area contributed by atoms with Gasteiger partial charge in [0.15, 0.2) is 0 Å². The number of hydrogen-bond donors (Lipinski definition) is 0. The Kier molecular flexibility index (Phi) is 4.59. The molecule has 1 nitrogen and oxygen atoms in total. The summed E-state index contributed by atoms with van der Waals surface area (Å²) in [4.78, 5) is 2.13. The largest absolute Gasteiger partial charge is 0.341 e. The van der Waals surface area contributed by atoms with Gasteiger partial charge in [-0.05, 0) is 43.7 Å². The molecule has 19 heavy (non-hydrogen) atoms. The molecule has 0 bridgehead atoms. The Labute approximate surface area is 122 Å². The number of rotatable bonds is 4. The summed E-state index contributed by atoms with van der Waals surface area (Å²) in [5, 5.41) is 0.511. The van der Waals surface area contributed by atoms with Gasteiger partial charge < -0.3 is 4.90 Å². The van der Waals surface area contributed by atoms with Crippen molar-refractivity contribution >= 4 is 27.3 Å². The average molecular weight is 322 g/mol. The summed E-state index contributed by atoms with van der Waals surface area (Å²) in [7, 11) is 0. The standard InChI is InChI=1S/C16H17BrFN/c1-3-19(13-7-4-6-12(2)10-13)16-9-5-8-15(18)14(16)11-17/h4-10H,3,11H2,1-2H3. The van der Waals surface area contributed by atoms with Gasteiger partial charge in [-0.3, -0.25) is 0 Å². The van der Waals surface area contributed by atoms with E-state index in [0.717, 1.165) is 17.9 Å². The molecule has 0 aromatic heterocycles. The van der Waals surface area contributed by atoms with Crippen LogP contribution in [-0.2, 0) is 5.33 Å². The van der Waals surface area contributed by atoms with Crippen LogP contribution in [0.5, 0.6) is 0 Å². The van der Waals surface area contributed by atoms with E-state index < -0.39 is 0 Å². The first-order chi connectivity index (χ1) is 9.17. The van der Waals surface area contributed by atoms with Crippen molar-refractivity contribution in [3.05, 3.63) is 59.4 Å². The van der Waals surface area contributed by atoms with Gasteiger partial charge in [0.1, 0.15) is 5.82 Å². The Morgan fingerprint density at radius 2 is 1.89 bits per heavy atom. The molecule has 0 spiro atoms. The molecule has 100 valence electrons. The maximum absolute atomic E-state index is 13.9. The van der Waals surface area contributed by atoms with E-state index in [4.69, 9.17) is 0 Å². The number of halogens is 2. The van der Waals surface area contributed by atoms with Gasteiger partial charge in [0, 0.05) is 28.8 Å². The van der Waals surface area contributed by atoms with Crippen molar-refractivity contribution in [2.24, 2.45) is 0 Å². The van der Waals surface area contributed by atoms with Crippen molar-refractivity contribution in [1.82, 2.24) is 0 Å². The fourth-order valence-electron chi connectivity index (χ4n) is 2.22. The molecule has 2 aromatic rings. The second-order valence-corrected chi connectivity index (χ2v) is 5.02. The predicted octanol–water partition coefficient (Wildman–Crippen LogP) is 5.19. The van der Waals surface area contributed by atoms with Crippen LogP contribution in [0, 0.1) is 12.7 Å². The molecule has 0 radical (unpaired) electrons. The van der Waals surface area contributed by atoms with E-state index in [1.165, 1.54) is 11.6 Å². The summed E-state index contributed by atoms with van der Waals surface area (Å²) in [6, 6.07) is 13.5. The summed E-state index contributed by atoms with van der Waals surface area (Å²) in [6.07, 6.45) is 0. The van der Waals surface area contributed by atoms with Crippen LogP contribution in [0.1, 0.15) is 18.1 Å². The van der Waals surface area contributed by atoms with Gasteiger partial charge in [-0.1, -0.05) is 34.1 Å². The van der Waals surface area contributed by atoms with Gasteiger partial charge in [0.2, 0.25) is 0 Å². The lowest BCUT2D eigenvalue weighted by atomic mass is 10.1. The van der Waals surface area contributed by atoms with Crippen LogP contribution in [0.25, 0.3) is 0 Å². The molecule has 0 amide bonds. The lowest BCUT2D eigenvalue weighted by molar-refractivity contribution is 0.617. The molecule has 0 aliphatic carbocycles. The Balaban J connectivity index is 2.51. The smallest absolute Gasteiger partial charge is 0.129 e. The average Bonchev–Trinajstić information content (AvgIpc) is 2.40. The van der Waals surface area contributed by atoms with Gasteiger partial charge in [-0.15, -0.1) is 0 Å². The van der Waals surface area contributed by atoms with E-state index in [9.17, 15) is 4.39 Å². The van der Waals surface area contributed by atoms with Gasteiger partial charge in [-0.2, -0.15) is 0 Å². The van der Waals surface area contributed by atoms with Crippen LogP contribution in [-0.4, -0.2) is 6.54 Å². The molecular formula is C16H17BrFN. The number of anilines is 2. The summed E-state index contributed by atoms with van der Waals surface area (Å²) in [5.41, 5.74) is 3.92. The van der Waals surface area contributed by atoms with Crippen LogP contribution in [0.15, 0.2) is 42.5 Å². The maximum Gasteiger partial charge on any atom is 0.129 e. The van der Waals surface area contributed by atoms with Crippen molar-refractivity contribution in [1.29, 1.82) is 0 Å². The number of aryl methyl sites for hydroxylation is 1. The van der Waals surface area contributed by atoms with E-state index in [0.29, 0.717) is 10.9 Å². The molecule has 0 saturated heterocycles. The lowest BCUT2D eigenvalue weighted by Crippen LogP contribution is -2.18. The SMILES string of the molecule is CCN(c1cccc(C)c1)c1cccc(F)c1CBr. The Morgan fingerprint density at radius 3 is 2.53 bits per heavy atom. The minimum absolute atomic E-state index is 0.166. The normalized spacial score (nSPS) is 10.5. The zero-order valence-corrected chi connectivity index (χ0v) is 12.7. The number of benzene rings is 2. The molecule has 0 heterocycles. The predicted molar refractivity (Wildman–Crippen MR) is 82.9 cm³/mol. The van der Waals surface area contributed by atoms with Crippen LogP contribution < -0.4 is 4.90 Å². The molecule has 0 N–H and O–H groups in total. The van der Waals surface area contributed by atoms with E-state index in [2.05, 4.69) is 52.9 Å². The lowest BCUT2D eigenvalue weighted by Gasteiger charge is -2.26. The van der Waals surface area contributed by atoms with Gasteiger partial charge in [0.05, 0.1) is 0 Å². The summed E-state index contributed by atoms with van der Waals surface area (Å²) < 4.78 is 13.9. The minimum Gasteiger partial charge on any atom is -0.341 e. The summed E-state index contributed by atoms with van der Waals surface area (Å²) in [5.74, 6) is -0.166. The molecule has 2 rings (SSSR count). The number of nitrogens with zero attached hydrogens (tertiary/aromatic N) is 1. The van der Waals surface area contributed by atoms with Crippen molar-refractivity contribution in [3.8, 4) is 0 Å². The van der Waals surface area contributed by atoms with Gasteiger partial charge in [-0.25, -0.2) is 4.39 Å². The second kappa shape index (κ2) is 6.20. The van der Waals surface area contributed by atoms with Gasteiger partial charge >= 0.3 is 0 Å². The molecule has 0 unspecified atom stereocenters. The molecule has 2 aromatic carbocycles. The van der Waals surface area contributed by atoms with Crippen molar-refractivity contribution < 1.29 is 4.39 Å². The molecular weight excluding hydrogens is 305 g/mol. The fraction of sp³-hybridized carbons (Fsp3) is 0.250. The highest BCUT2D eigenvalue weighted by atomic mass is 79.9. The second-order valence-electron chi connectivity index (χ2n) is 4.45. The molecule has 3 heteroatoms. The zero-order chi connectivity index (χ0) is 13.8. The number of hydrogen-bond acceptors (Lipinski definition) is 1. The Bertz CT molecular complexity index is 568. The first kappa shape index (κ1) is 14.1. The molecule has 0 aliphatic rings. The van der Waals surface area contributed by atoms with Crippen LogP contribution in [0.2, 0.25) is 0 Å². The Hall–Kier alpha value is -1.35. The molecule has 0 fully saturated rings. The first-order valence-electron chi connectivity index (χ1n) is 6.35. The van der Waals surface area contributed by atoms with Crippen LogP contribution >= 0.6 is 15.9 Å². The summed E-state index contributed by atoms with van der Waals surface area (Å²) in [6.45, 7) is 4.94. The maximum atomic E-state index is 13.9. The highest BCUT2D eigenvalue weighted by molar-refractivity contribution is 9.08. The highest BCUT2D eigenvalue weighted by Crippen LogP contribution is 2.31. The molecule has 0 atom stereocenters. The van der Waals surface area contributed by atoms with Gasteiger partial charge in [0.25, 0.3) is 0 Å². The Morgan fingerprint density at radius 1 is 1.16 bits per heavy atom. The van der Waals surface area contributed by atoms with Crippen LogP contribution in [0.4, 0.5) is 15.8 Å². The zero-order valence-electron chi connectivity index (χ0n) is 11.2. The van der Waals surface area contributed by atoms with E-state index >= 15 is 0 Å². The first-order valence-corrected chi connectivity index (χ1v) is 7.47. The fourth-order valence-corrected chi connectivity index (χ4v) is 2.78. The van der Waals surface area contributed by atoms with E-state index in [1.54, 1.807) is 6.07 Å². The van der Waals surface area contributed by atoms with Crippen LogP contribution in [0.3, 0.4) is 0 Å². The third-order valence-electron chi connectivity index (χ3n) is 3.15. The number of alkyl halides is 1. The molecule has 0 aliphatic heterocycles. The van der Waals surface area contributed by atoms with E-state index in [1.807, 2.05) is 12.1 Å². The summed E-state index contributed by atoms with van der Waals surface area (Å²) >= 11 is 3.38. The third-order valence-corrected chi connectivity index (χ3v) is 3.71. The van der Waals surface area contributed by atoms with Crippen molar-refractivity contribution in [2.75, 3.05) is 11.4 Å². The molecule has 0 saturated carbocycles. The monoisotopic (exact) mass is 321 g/mol. The van der Waals surface area contributed by atoms with E-state index in [-0.39, 0.29) is 5.82 Å². The van der Waals surface area contributed by atoms with Crippen molar-refractivity contribution in [3.63, 3.8) is 0 Å².